The van der Waals surface area contributed by atoms with Gasteiger partial charge in [-0.25, -0.2) is 15.0 Å². The molecular weight excluding hydrogens is 288 g/mol. The van der Waals surface area contributed by atoms with Gasteiger partial charge < -0.3 is 15.6 Å². The number of nitrogens with two attached hydrogens (primary N) is 1. The Morgan fingerprint density at radius 3 is 2.91 bits per heavy atom. The van der Waals surface area contributed by atoms with Gasteiger partial charge in [-0.3, -0.25) is 0 Å². The topological polar surface area (TPSA) is 83.7 Å². The average Bonchev–Trinajstić information content (AvgIpc) is 2.99. The Kier molecular flexibility index (Phi) is 3.37. The molecule has 1 aliphatic rings. The minimum absolute atomic E-state index is 0.286. The number of anilines is 2. The summed E-state index contributed by atoms with van der Waals surface area (Å²) in [5.74, 6) is 0.286. The van der Waals surface area contributed by atoms with Crippen LogP contribution in [0.1, 0.15) is 26.2 Å². The normalized spacial score (nSPS) is 18.5. The fraction of sp³-hybridized carbons (Fsp3) is 0.353. The van der Waals surface area contributed by atoms with Gasteiger partial charge in [-0.1, -0.05) is 0 Å². The molecule has 0 saturated carbocycles. The van der Waals surface area contributed by atoms with E-state index >= 15 is 0 Å². The maximum atomic E-state index is 5.75. The van der Waals surface area contributed by atoms with Gasteiger partial charge in [0.1, 0.15) is 5.65 Å². The number of aromatic nitrogens is 4. The first-order valence-electron chi connectivity index (χ1n) is 8.05. The third-order valence-corrected chi connectivity index (χ3v) is 4.61. The summed E-state index contributed by atoms with van der Waals surface area (Å²) in [6, 6.07) is 4.52. The zero-order chi connectivity index (χ0) is 15.8. The number of aromatic amines is 1. The number of hydrogen-bond donors (Lipinski definition) is 2. The fourth-order valence-corrected chi connectivity index (χ4v) is 3.46. The summed E-state index contributed by atoms with van der Waals surface area (Å²) < 4.78 is 0. The van der Waals surface area contributed by atoms with E-state index in [1.165, 1.54) is 24.9 Å². The van der Waals surface area contributed by atoms with Crippen molar-refractivity contribution in [2.75, 3.05) is 17.2 Å². The number of nitrogens with one attached hydrogen (secondary N) is 1. The standard InChI is InChI=1S/C17H20N6/c1-11-4-2-3-9-23(11)14-6-8-19-16-15(14)12(10-21-16)13-5-7-20-17(18)22-13/h5-8,10-11H,2-4,9H2,1H3,(H,19,21)(H2,18,20,22). The quantitative estimate of drug-likeness (QED) is 0.760. The van der Waals surface area contributed by atoms with Crippen molar-refractivity contribution in [2.45, 2.75) is 32.2 Å². The summed E-state index contributed by atoms with van der Waals surface area (Å²) in [5.41, 5.74) is 9.70. The smallest absolute Gasteiger partial charge is 0.220 e. The molecule has 6 nitrogen and oxygen atoms in total. The van der Waals surface area contributed by atoms with E-state index in [0.717, 1.165) is 28.8 Å². The first-order chi connectivity index (χ1) is 11.2. The molecule has 23 heavy (non-hydrogen) atoms. The summed E-state index contributed by atoms with van der Waals surface area (Å²) >= 11 is 0. The van der Waals surface area contributed by atoms with E-state index in [9.17, 15) is 0 Å². The number of pyridine rings is 1. The molecule has 1 saturated heterocycles. The van der Waals surface area contributed by atoms with Crippen molar-refractivity contribution in [1.82, 2.24) is 19.9 Å². The first kappa shape index (κ1) is 14.0. The van der Waals surface area contributed by atoms with Crippen LogP contribution in [-0.4, -0.2) is 32.5 Å². The van der Waals surface area contributed by atoms with Crippen molar-refractivity contribution < 1.29 is 0 Å². The Labute approximate surface area is 134 Å². The lowest BCUT2D eigenvalue weighted by Crippen LogP contribution is -2.37. The third-order valence-electron chi connectivity index (χ3n) is 4.61. The largest absolute Gasteiger partial charge is 0.368 e. The Morgan fingerprint density at radius 2 is 2.09 bits per heavy atom. The van der Waals surface area contributed by atoms with E-state index in [-0.39, 0.29) is 5.95 Å². The second-order valence-electron chi connectivity index (χ2n) is 6.09. The number of nitrogen functional groups attached to an aromatic ring is 1. The Balaban J connectivity index is 1.90. The van der Waals surface area contributed by atoms with Gasteiger partial charge in [0, 0.05) is 36.7 Å². The number of piperidine rings is 1. The van der Waals surface area contributed by atoms with Crippen LogP contribution in [0, 0.1) is 0 Å². The summed E-state index contributed by atoms with van der Waals surface area (Å²) in [6.45, 7) is 3.37. The predicted molar refractivity (Wildman–Crippen MR) is 92.2 cm³/mol. The molecule has 4 rings (SSSR count). The van der Waals surface area contributed by atoms with Gasteiger partial charge in [-0.15, -0.1) is 0 Å². The monoisotopic (exact) mass is 308 g/mol. The van der Waals surface area contributed by atoms with Crippen molar-refractivity contribution in [3.63, 3.8) is 0 Å². The second-order valence-corrected chi connectivity index (χ2v) is 6.09. The molecule has 0 radical (unpaired) electrons. The highest BCUT2D eigenvalue weighted by Crippen LogP contribution is 2.36. The van der Waals surface area contributed by atoms with Crippen molar-refractivity contribution in [3.8, 4) is 11.3 Å². The van der Waals surface area contributed by atoms with Gasteiger partial charge in [0.2, 0.25) is 5.95 Å². The number of nitrogens with zero attached hydrogens (tertiary/aromatic N) is 4. The zero-order valence-electron chi connectivity index (χ0n) is 13.2. The van der Waals surface area contributed by atoms with E-state index < -0.39 is 0 Å². The summed E-state index contributed by atoms with van der Waals surface area (Å²) in [6.07, 6.45) is 9.27. The second kappa shape index (κ2) is 5.53. The number of rotatable bonds is 2. The maximum Gasteiger partial charge on any atom is 0.220 e. The van der Waals surface area contributed by atoms with E-state index in [1.807, 2.05) is 18.5 Å². The first-order valence-corrected chi connectivity index (χ1v) is 8.05. The highest BCUT2D eigenvalue weighted by atomic mass is 15.2. The fourth-order valence-electron chi connectivity index (χ4n) is 3.46. The van der Waals surface area contributed by atoms with Gasteiger partial charge in [-0.2, -0.15) is 0 Å². The van der Waals surface area contributed by atoms with Gasteiger partial charge in [0.15, 0.2) is 0 Å². The number of fused-ring (bicyclic) bond motifs is 1. The minimum Gasteiger partial charge on any atom is -0.368 e. The Bertz CT molecular complexity index is 840. The van der Waals surface area contributed by atoms with E-state index in [2.05, 4.69) is 37.8 Å². The number of hydrogen-bond acceptors (Lipinski definition) is 5. The van der Waals surface area contributed by atoms with Gasteiger partial charge >= 0.3 is 0 Å². The molecule has 6 heteroatoms. The van der Waals surface area contributed by atoms with Crippen LogP contribution in [-0.2, 0) is 0 Å². The van der Waals surface area contributed by atoms with Crippen molar-refractivity contribution >= 4 is 22.7 Å². The highest BCUT2D eigenvalue weighted by molar-refractivity contribution is 6.02. The van der Waals surface area contributed by atoms with Gasteiger partial charge in [0.05, 0.1) is 16.8 Å². The van der Waals surface area contributed by atoms with Crippen LogP contribution in [0.5, 0.6) is 0 Å². The SMILES string of the molecule is CC1CCCCN1c1ccnc2[nH]cc(-c3ccnc(N)n3)c12. The van der Waals surface area contributed by atoms with E-state index in [0.29, 0.717) is 6.04 Å². The molecule has 118 valence electrons. The Morgan fingerprint density at radius 1 is 1.22 bits per heavy atom. The molecule has 4 heterocycles. The van der Waals surface area contributed by atoms with Crippen molar-refractivity contribution in [3.05, 3.63) is 30.7 Å². The predicted octanol–water partition coefficient (Wildman–Crippen LogP) is 2.98. The summed E-state index contributed by atoms with van der Waals surface area (Å²) in [5, 5.41) is 1.11. The molecule has 0 bridgehead atoms. The molecule has 1 aliphatic heterocycles. The average molecular weight is 308 g/mol. The van der Waals surface area contributed by atoms with Crippen LogP contribution in [0.2, 0.25) is 0 Å². The van der Waals surface area contributed by atoms with Crippen LogP contribution in [0.15, 0.2) is 30.7 Å². The van der Waals surface area contributed by atoms with Crippen LogP contribution in [0.3, 0.4) is 0 Å². The molecule has 1 atom stereocenters. The lowest BCUT2D eigenvalue weighted by atomic mass is 10.0. The lowest BCUT2D eigenvalue weighted by molar-refractivity contribution is 0.486. The molecule has 1 unspecified atom stereocenters. The summed E-state index contributed by atoms with van der Waals surface area (Å²) in [4.78, 5) is 18.6. The molecule has 0 aliphatic carbocycles. The van der Waals surface area contributed by atoms with Crippen LogP contribution in [0.4, 0.5) is 11.6 Å². The molecule has 1 fully saturated rings. The molecule has 3 aromatic heterocycles. The maximum absolute atomic E-state index is 5.75. The molecule has 3 N–H and O–H groups in total. The van der Waals surface area contributed by atoms with Crippen LogP contribution in [0.25, 0.3) is 22.3 Å². The molecule has 0 spiro atoms. The van der Waals surface area contributed by atoms with E-state index in [4.69, 9.17) is 5.73 Å². The molecular formula is C17H20N6. The zero-order valence-corrected chi connectivity index (χ0v) is 13.2. The van der Waals surface area contributed by atoms with Crippen LogP contribution >= 0.6 is 0 Å². The Hall–Kier alpha value is -2.63. The van der Waals surface area contributed by atoms with Crippen LogP contribution < -0.4 is 10.6 Å². The summed E-state index contributed by atoms with van der Waals surface area (Å²) in [7, 11) is 0. The molecule has 3 aromatic rings. The molecule has 0 aromatic carbocycles. The third kappa shape index (κ3) is 2.40. The van der Waals surface area contributed by atoms with Gasteiger partial charge in [0.25, 0.3) is 0 Å². The number of H-pyrrole nitrogens is 1. The minimum atomic E-state index is 0.286. The van der Waals surface area contributed by atoms with E-state index in [1.54, 1.807) is 6.20 Å². The lowest BCUT2D eigenvalue weighted by Gasteiger charge is -2.36. The molecule has 0 amide bonds. The van der Waals surface area contributed by atoms with Crippen molar-refractivity contribution in [1.29, 1.82) is 0 Å². The van der Waals surface area contributed by atoms with Crippen molar-refractivity contribution in [2.24, 2.45) is 0 Å². The van der Waals surface area contributed by atoms with Gasteiger partial charge in [-0.05, 0) is 38.3 Å². The highest BCUT2D eigenvalue weighted by Gasteiger charge is 2.23.